The minimum atomic E-state index is -1.19. The van der Waals surface area contributed by atoms with Crippen molar-refractivity contribution in [1.29, 1.82) is 0 Å². The minimum absolute atomic E-state index is 0.0111. The third kappa shape index (κ3) is 3.56. The van der Waals surface area contributed by atoms with Crippen LogP contribution in [0.25, 0.3) is 5.65 Å². The van der Waals surface area contributed by atoms with E-state index >= 15 is 0 Å². The van der Waals surface area contributed by atoms with Gasteiger partial charge in [0.25, 0.3) is 0 Å². The molecule has 4 rings (SSSR count). The first-order valence-electron chi connectivity index (χ1n) is 8.94. The number of fused-ring (bicyclic) bond motifs is 1. The number of aromatic nitrogens is 4. The molecule has 0 unspecified atom stereocenters. The molecule has 0 aliphatic carbocycles. The quantitative estimate of drug-likeness (QED) is 0.636. The van der Waals surface area contributed by atoms with Crippen molar-refractivity contribution >= 4 is 17.4 Å². The Morgan fingerprint density at radius 2 is 2.24 bits per heavy atom. The number of ether oxygens (including phenoxy) is 1. The number of aromatic carboxylic acids is 1. The molecule has 1 saturated heterocycles. The van der Waals surface area contributed by atoms with E-state index in [1.807, 2.05) is 0 Å². The van der Waals surface area contributed by atoms with Crippen LogP contribution in [-0.4, -0.2) is 56.5 Å². The Bertz CT molecular complexity index is 1060. The molecule has 152 valence electrons. The molecule has 3 N–H and O–H groups in total. The second kappa shape index (κ2) is 7.59. The monoisotopic (exact) mass is 404 g/mol. The number of anilines is 1. The Morgan fingerprint density at radius 3 is 3.00 bits per heavy atom. The number of carbonyl (C=O) groups is 1. The van der Waals surface area contributed by atoms with Gasteiger partial charge in [-0.25, -0.2) is 28.1 Å². The number of nitrogens with zero attached hydrogens (tertiary/aromatic N) is 5. The fourth-order valence-corrected chi connectivity index (χ4v) is 3.46. The number of hydrogen-bond acceptors (Lipinski definition) is 7. The standard InChI is InChI=1S/C18H18F2N6O3/c19-10-5-12(17(22-7-10)29-4-2-21)14-6-11(20)9-25(14)15-1-3-26-16(24-15)13(8-23-26)18(27)28/h1,3,5,7-8,11,14H,2,4,6,9,21H2,(H,27,28)/t11-,14+/m0/s1. The van der Waals surface area contributed by atoms with Crippen molar-refractivity contribution in [2.75, 3.05) is 24.6 Å². The number of carboxylic acid groups (broad SMARTS) is 1. The molecule has 0 saturated carbocycles. The molecule has 11 heteroatoms. The molecule has 0 bridgehead atoms. The Kier molecular flexibility index (Phi) is 4.97. The molecule has 9 nitrogen and oxygen atoms in total. The maximum Gasteiger partial charge on any atom is 0.341 e. The highest BCUT2D eigenvalue weighted by Gasteiger charge is 2.36. The zero-order valence-corrected chi connectivity index (χ0v) is 15.2. The first-order valence-corrected chi connectivity index (χ1v) is 8.94. The van der Waals surface area contributed by atoms with Crippen LogP contribution < -0.4 is 15.4 Å². The second-order valence-corrected chi connectivity index (χ2v) is 6.60. The average Bonchev–Trinajstić information content (AvgIpc) is 3.29. The molecule has 0 amide bonds. The van der Waals surface area contributed by atoms with Crippen LogP contribution in [0.5, 0.6) is 5.88 Å². The van der Waals surface area contributed by atoms with Crippen LogP contribution in [0.15, 0.2) is 30.7 Å². The molecule has 3 aromatic heterocycles. The van der Waals surface area contributed by atoms with Crippen molar-refractivity contribution in [2.45, 2.75) is 18.6 Å². The highest BCUT2D eigenvalue weighted by atomic mass is 19.1. The van der Waals surface area contributed by atoms with Crippen LogP contribution >= 0.6 is 0 Å². The number of carboxylic acids is 1. The zero-order valence-electron chi connectivity index (χ0n) is 15.2. The van der Waals surface area contributed by atoms with Gasteiger partial charge in [-0.1, -0.05) is 0 Å². The Balaban J connectivity index is 1.76. The third-order valence-electron chi connectivity index (χ3n) is 4.69. The SMILES string of the molecule is NCCOc1ncc(F)cc1[C@H]1C[C@H](F)CN1c1ccn2ncc(C(=O)O)c2n1. The molecular formula is C18H18F2N6O3. The number of hydrogen-bond donors (Lipinski definition) is 2. The Morgan fingerprint density at radius 1 is 1.41 bits per heavy atom. The van der Waals surface area contributed by atoms with Crippen molar-refractivity contribution < 1.29 is 23.4 Å². The van der Waals surface area contributed by atoms with Gasteiger partial charge in [0.05, 0.1) is 25.0 Å². The summed E-state index contributed by atoms with van der Waals surface area (Å²) in [6, 6.07) is 2.27. The van der Waals surface area contributed by atoms with E-state index in [2.05, 4.69) is 15.1 Å². The summed E-state index contributed by atoms with van der Waals surface area (Å²) in [6.07, 6.45) is 2.66. The van der Waals surface area contributed by atoms with Gasteiger partial charge in [0.2, 0.25) is 5.88 Å². The molecule has 0 aromatic carbocycles. The fourth-order valence-electron chi connectivity index (χ4n) is 3.46. The van der Waals surface area contributed by atoms with Gasteiger partial charge in [0.15, 0.2) is 5.65 Å². The van der Waals surface area contributed by atoms with E-state index in [1.165, 1.54) is 16.8 Å². The van der Waals surface area contributed by atoms with Gasteiger partial charge in [0, 0.05) is 24.7 Å². The highest BCUT2D eigenvalue weighted by Crippen LogP contribution is 2.40. The molecule has 2 atom stereocenters. The van der Waals surface area contributed by atoms with Gasteiger partial charge in [0.1, 0.15) is 30.0 Å². The molecule has 4 heterocycles. The van der Waals surface area contributed by atoms with E-state index in [1.54, 1.807) is 17.2 Å². The summed E-state index contributed by atoms with van der Waals surface area (Å²) in [5.41, 5.74) is 5.91. The predicted molar refractivity (Wildman–Crippen MR) is 98.3 cm³/mol. The molecule has 0 radical (unpaired) electrons. The van der Waals surface area contributed by atoms with Crippen molar-refractivity contribution in [3.05, 3.63) is 47.7 Å². The van der Waals surface area contributed by atoms with E-state index in [-0.39, 0.29) is 43.2 Å². The fraction of sp³-hybridized carbons (Fsp3) is 0.333. The topological polar surface area (TPSA) is 119 Å². The van der Waals surface area contributed by atoms with Gasteiger partial charge < -0.3 is 20.5 Å². The lowest BCUT2D eigenvalue weighted by molar-refractivity contribution is 0.0698. The molecule has 1 aliphatic rings. The second-order valence-electron chi connectivity index (χ2n) is 6.60. The van der Waals surface area contributed by atoms with Gasteiger partial charge in [-0.2, -0.15) is 5.10 Å². The Hall–Kier alpha value is -3.34. The zero-order chi connectivity index (χ0) is 20.5. The van der Waals surface area contributed by atoms with Crippen LogP contribution in [0.2, 0.25) is 0 Å². The predicted octanol–water partition coefficient (Wildman–Crippen LogP) is 1.59. The third-order valence-corrected chi connectivity index (χ3v) is 4.69. The number of alkyl halides is 1. The number of nitrogens with two attached hydrogens (primary N) is 1. The van der Waals surface area contributed by atoms with E-state index in [9.17, 15) is 18.7 Å². The van der Waals surface area contributed by atoms with E-state index < -0.39 is 24.0 Å². The van der Waals surface area contributed by atoms with Crippen molar-refractivity contribution in [1.82, 2.24) is 19.6 Å². The van der Waals surface area contributed by atoms with Gasteiger partial charge in [-0.15, -0.1) is 0 Å². The average molecular weight is 404 g/mol. The lowest BCUT2D eigenvalue weighted by atomic mass is 10.1. The van der Waals surface area contributed by atoms with Crippen molar-refractivity contribution in [2.24, 2.45) is 5.73 Å². The van der Waals surface area contributed by atoms with Gasteiger partial charge in [-0.05, 0) is 12.1 Å². The first kappa shape index (κ1) is 19.0. The first-order chi connectivity index (χ1) is 14.0. The van der Waals surface area contributed by atoms with E-state index in [4.69, 9.17) is 10.5 Å². The van der Waals surface area contributed by atoms with Crippen LogP contribution in [0.3, 0.4) is 0 Å². The summed E-state index contributed by atoms with van der Waals surface area (Å²) in [5.74, 6) is -1.22. The summed E-state index contributed by atoms with van der Waals surface area (Å²) in [5, 5.41) is 13.3. The minimum Gasteiger partial charge on any atom is -0.477 e. The normalized spacial score (nSPS) is 19.1. The number of rotatable bonds is 6. The summed E-state index contributed by atoms with van der Waals surface area (Å²) in [4.78, 5) is 21.4. The molecule has 1 aliphatic heterocycles. The van der Waals surface area contributed by atoms with Crippen LogP contribution in [0, 0.1) is 5.82 Å². The molecule has 3 aromatic rings. The summed E-state index contributed by atoms with van der Waals surface area (Å²) >= 11 is 0. The highest BCUT2D eigenvalue weighted by molar-refractivity contribution is 5.94. The van der Waals surface area contributed by atoms with E-state index in [0.717, 1.165) is 6.20 Å². The smallest absolute Gasteiger partial charge is 0.341 e. The lowest BCUT2D eigenvalue weighted by Crippen LogP contribution is -2.26. The number of halogens is 2. The summed E-state index contributed by atoms with van der Waals surface area (Å²) in [7, 11) is 0. The van der Waals surface area contributed by atoms with Crippen LogP contribution in [-0.2, 0) is 0 Å². The lowest BCUT2D eigenvalue weighted by Gasteiger charge is -2.26. The van der Waals surface area contributed by atoms with Crippen molar-refractivity contribution in [3.63, 3.8) is 0 Å². The largest absolute Gasteiger partial charge is 0.477 e. The summed E-state index contributed by atoms with van der Waals surface area (Å²) < 4.78 is 35.1. The molecule has 0 spiro atoms. The van der Waals surface area contributed by atoms with Crippen molar-refractivity contribution in [3.8, 4) is 5.88 Å². The van der Waals surface area contributed by atoms with Gasteiger partial charge >= 0.3 is 5.97 Å². The van der Waals surface area contributed by atoms with Crippen LogP contribution in [0.4, 0.5) is 14.6 Å². The van der Waals surface area contributed by atoms with E-state index in [0.29, 0.717) is 11.4 Å². The molecular weight excluding hydrogens is 386 g/mol. The van der Waals surface area contributed by atoms with Crippen LogP contribution in [0.1, 0.15) is 28.4 Å². The maximum absolute atomic E-state index is 14.4. The Labute approximate surface area is 163 Å². The summed E-state index contributed by atoms with van der Waals surface area (Å²) in [6.45, 7) is 0.437. The number of pyridine rings is 1. The molecule has 1 fully saturated rings. The maximum atomic E-state index is 14.4. The van der Waals surface area contributed by atoms with Gasteiger partial charge in [-0.3, -0.25) is 0 Å². The molecule has 29 heavy (non-hydrogen) atoms.